The van der Waals surface area contributed by atoms with E-state index in [-0.39, 0.29) is 11.3 Å². The molecule has 0 fully saturated rings. The molecule has 0 saturated carbocycles. The molecular formula is C34H54F2O. The van der Waals surface area contributed by atoms with Gasteiger partial charge in [0, 0.05) is 12.5 Å². The SMILES string of the molecule is C=C(C)C(C)=O.CCCC.CCCc1ccc(C)c(C(C)CC)c1.CCCc1cccc(C(C)(F)F)c1. The predicted octanol–water partition coefficient (Wildman–Crippen LogP) is 11.2. The lowest BCUT2D eigenvalue weighted by molar-refractivity contribution is -0.113. The van der Waals surface area contributed by atoms with Gasteiger partial charge in [-0.05, 0) is 79.8 Å². The molecule has 2 aromatic rings. The minimum atomic E-state index is -2.72. The number of ketones is 1. The highest BCUT2D eigenvalue weighted by molar-refractivity contribution is 5.91. The van der Waals surface area contributed by atoms with Crippen LogP contribution in [0.3, 0.4) is 0 Å². The Bertz CT molecular complexity index is 879. The number of carbonyl (C=O) groups excluding carboxylic acids is 1. The van der Waals surface area contributed by atoms with Crippen molar-refractivity contribution in [3.8, 4) is 0 Å². The lowest BCUT2D eigenvalue weighted by atomic mass is 9.92. The molecule has 0 spiro atoms. The van der Waals surface area contributed by atoms with E-state index >= 15 is 0 Å². The summed E-state index contributed by atoms with van der Waals surface area (Å²) in [5.74, 6) is -1.95. The molecule has 2 rings (SSSR count). The van der Waals surface area contributed by atoms with Crippen molar-refractivity contribution < 1.29 is 13.6 Å². The number of hydrogen-bond acceptors (Lipinski definition) is 1. The normalized spacial score (nSPS) is 11.0. The molecule has 0 bridgehead atoms. The molecule has 0 amide bonds. The molecule has 1 nitrogen and oxygen atoms in total. The Hall–Kier alpha value is -2.29. The van der Waals surface area contributed by atoms with Crippen LogP contribution in [0.1, 0.15) is 128 Å². The highest BCUT2D eigenvalue weighted by Crippen LogP contribution is 2.27. The average molecular weight is 517 g/mol. The molecule has 3 heteroatoms. The van der Waals surface area contributed by atoms with Crippen molar-refractivity contribution in [3.63, 3.8) is 0 Å². The van der Waals surface area contributed by atoms with E-state index in [0.717, 1.165) is 25.3 Å². The molecule has 0 aliphatic carbocycles. The quantitative estimate of drug-likeness (QED) is 0.303. The van der Waals surface area contributed by atoms with Gasteiger partial charge in [-0.3, -0.25) is 4.79 Å². The Morgan fingerprint density at radius 1 is 0.865 bits per heavy atom. The number of aryl methyl sites for hydroxylation is 3. The van der Waals surface area contributed by atoms with Crippen LogP contribution in [0.2, 0.25) is 0 Å². The zero-order chi connectivity index (χ0) is 29.0. The molecule has 0 radical (unpaired) electrons. The Morgan fingerprint density at radius 3 is 1.73 bits per heavy atom. The smallest absolute Gasteiger partial charge is 0.270 e. The molecule has 1 atom stereocenters. The first kappa shape index (κ1) is 36.9. The van der Waals surface area contributed by atoms with Crippen LogP contribution >= 0.6 is 0 Å². The van der Waals surface area contributed by atoms with Gasteiger partial charge in [0.25, 0.3) is 5.92 Å². The maximum absolute atomic E-state index is 12.9. The number of rotatable bonds is 9. The molecule has 1 unspecified atom stereocenters. The number of allylic oxidation sites excluding steroid dienone is 1. The maximum atomic E-state index is 12.9. The molecular weight excluding hydrogens is 462 g/mol. The first-order chi connectivity index (χ1) is 17.3. The monoisotopic (exact) mass is 516 g/mol. The molecule has 0 N–H and O–H groups in total. The topological polar surface area (TPSA) is 17.1 Å². The van der Waals surface area contributed by atoms with Gasteiger partial charge in [-0.25, -0.2) is 8.78 Å². The van der Waals surface area contributed by atoms with Gasteiger partial charge in [0.2, 0.25) is 0 Å². The van der Waals surface area contributed by atoms with Crippen LogP contribution in [0.25, 0.3) is 0 Å². The van der Waals surface area contributed by atoms with Crippen LogP contribution < -0.4 is 0 Å². The highest BCUT2D eigenvalue weighted by atomic mass is 19.3. The molecule has 210 valence electrons. The Labute approximate surface area is 227 Å². The number of benzene rings is 2. The van der Waals surface area contributed by atoms with E-state index in [9.17, 15) is 13.6 Å². The fourth-order valence-electron chi connectivity index (χ4n) is 3.17. The summed E-state index contributed by atoms with van der Waals surface area (Å²) in [6, 6.07) is 13.6. The summed E-state index contributed by atoms with van der Waals surface area (Å²) in [5.41, 5.74) is 6.20. The van der Waals surface area contributed by atoms with E-state index in [1.165, 1.54) is 56.2 Å². The van der Waals surface area contributed by atoms with E-state index in [2.05, 4.69) is 66.3 Å². The van der Waals surface area contributed by atoms with Crippen LogP contribution in [-0.4, -0.2) is 5.78 Å². The molecule has 37 heavy (non-hydrogen) atoms. The second kappa shape index (κ2) is 20.7. The number of carbonyl (C=O) groups is 1. The summed E-state index contributed by atoms with van der Waals surface area (Å²) in [7, 11) is 0. The van der Waals surface area contributed by atoms with Crippen molar-refractivity contribution in [1.29, 1.82) is 0 Å². The van der Waals surface area contributed by atoms with E-state index in [1.807, 2.05) is 13.0 Å². The number of hydrogen-bond donors (Lipinski definition) is 0. The molecule has 0 aliphatic heterocycles. The highest BCUT2D eigenvalue weighted by Gasteiger charge is 2.23. The van der Waals surface area contributed by atoms with Gasteiger partial charge >= 0.3 is 0 Å². The fourth-order valence-corrected chi connectivity index (χ4v) is 3.17. The fraction of sp³-hybridized carbons (Fsp3) is 0.559. The third kappa shape index (κ3) is 17.7. The van der Waals surface area contributed by atoms with Gasteiger partial charge in [0.1, 0.15) is 0 Å². The molecule has 2 aromatic carbocycles. The number of halogens is 2. The van der Waals surface area contributed by atoms with Crippen molar-refractivity contribution >= 4 is 5.78 Å². The second-order valence-corrected chi connectivity index (χ2v) is 9.93. The van der Waals surface area contributed by atoms with Crippen molar-refractivity contribution in [1.82, 2.24) is 0 Å². The minimum Gasteiger partial charge on any atom is -0.295 e. The summed E-state index contributed by atoms with van der Waals surface area (Å²) >= 11 is 0. The predicted molar refractivity (Wildman–Crippen MR) is 160 cm³/mol. The van der Waals surface area contributed by atoms with Gasteiger partial charge in [0.05, 0.1) is 0 Å². The van der Waals surface area contributed by atoms with Crippen LogP contribution in [0, 0.1) is 6.92 Å². The number of alkyl halides is 2. The van der Waals surface area contributed by atoms with Crippen molar-refractivity contribution in [2.75, 3.05) is 0 Å². The molecule has 0 saturated heterocycles. The van der Waals surface area contributed by atoms with Gasteiger partial charge in [-0.15, -0.1) is 0 Å². The van der Waals surface area contributed by atoms with Gasteiger partial charge in [-0.1, -0.05) is 110 Å². The summed E-state index contributed by atoms with van der Waals surface area (Å²) in [6.45, 7) is 23.0. The van der Waals surface area contributed by atoms with Gasteiger partial charge in [0.15, 0.2) is 5.78 Å². The van der Waals surface area contributed by atoms with E-state index in [0.29, 0.717) is 11.5 Å². The second-order valence-electron chi connectivity index (χ2n) is 9.93. The molecule has 0 aromatic heterocycles. The molecule has 0 aliphatic rings. The minimum absolute atomic E-state index is 0.0648. The summed E-state index contributed by atoms with van der Waals surface area (Å²) in [6.07, 6.45) is 8.17. The van der Waals surface area contributed by atoms with Crippen molar-refractivity contribution in [3.05, 3.63) is 82.4 Å². The number of Topliss-reactive ketones (excluding diaryl/α,β-unsaturated/α-hetero) is 1. The third-order valence-corrected chi connectivity index (χ3v) is 6.10. The van der Waals surface area contributed by atoms with E-state index in [4.69, 9.17) is 0 Å². The first-order valence-electron chi connectivity index (χ1n) is 14.0. The molecule has 0 heterocycles. The summed E-state index contributed by atoms with van der Waals surface area (Å²) < 4.78 is 25.7. The zero-order valence-electron chi connectivity index (χ0n) is 25.4. The average Bonchev–Trinajstić information content (AvgIpc) is 2.85. The van der Waals surface area contributed by atoms with E-state index < -0.39 is 5.92 Å². The first-order valence-corrected chi connectivity index (χ1v) is 14.0. The van der Waals surface area contributed by atoms with Crippen molar-refractivity contribution in [2.45, 2.75) is 126 Å². The van der Waals surface area contributed by atoms with Crippen LogP contribution in [0.15, 0.2) is 54.6 Å². The van der Waals surface area contributed by atoms with Gasteiger partial charge < -0.3 is 0 Å². The summed E-state index contributed by atoms with van der Waals surface area (Å²) in [4.78, 5) is 10.0. The van der Waals surface area contributed by atoms with Crippen LogP contribution in [0.4, 0.5) is 8.78 Å². The standard InChI is InChI=1S/C14H22.C11H14F2.C5H8O.C4H10/c1-5-7-13-9-8-12(4)14(10-13)11(3)6-2;1-3-5-9-6-4-7-10(8-9)11(2,12)13;1-4(2)5(3)6;1-3-4-2/h8-11H,5-7H2,1-4H3;4,6-8H,3,5H2,1-2H3;1H2,2-3H3;3-4H2,1-2H3. The van der Waals surface area contributed by atoms with Gasteiger partial charge in [-0.2, -0.15) is 0 Å². The Kier molecular flexibility index (Phi) is 20.7. The number of unbranched alkanes of at least 4 members (excludes halogenated alkanes) is 1. The summed E-state index contributed by atoms with van der Waals surface area (Å²) in [5, 5.41) is 0. The van der Waals surface area contributed by atoms with Crippen LogP contribution in [0.5, 0.6) is 0 Å². The largest absolute Gasteiger partial charge is 0.295 e. The Balaban J connectivity index is 0. The van der Waals surface area contributed by atoms with Crippen molar-refractivity contribution in [2.24, 2.45) is 0 Å². The van der Waals surface area contributed by atoms with E-state index in [1.54, 1.807) is 24.6 Å². The lowest BCUT2D eigenvalue weighted by Gasteiger charge is -2.14. The lowest BCUT2D eigenvalue weighted by Crippen LogP contribution is -2.07. The Morgan fingerprint density at radius 2 is 1.35 bits per heavy atom. The third-order valence-electron chi connectivity index (χ3n) is 6.10. The zero-order valence-corrected chi connectivity index (χ0v) is 25.4. The maximum Gasteiger partial charge on any atom is 0.270 e. The van der Waals surface area contributed by atoms with Crippen LogP contribution in [-0.2, 0) is 23.6 Å².